The van der Waals surface area contributed by atoms with Crippen LogP contribution in [0.5, 0.6) is 0 Å². The molecule has 1 aliphatic rings. The molecule has 0 aromatic heterocycles. The molecule has 5 nitrogen and oxygen atoms in total. The predicted molar refractivity (Wildman–Crippen MR) is 64.8 cm³/mol. The molecule has 1 rings (SSSR count). The molecule has 0 aliphatic carbocycles. The van der Waals surface area contributed by atoms with Gasteiger partial charge in [0, 0.05) is 26.7 Å². The van der Waals surface area contributed by atoms with E-state index in [1.807, 2.05) is 6.92 Å². The molecule has 0 spiro atoms. The summed E-state index contributed by atoms with van der Waals surface area (Å²) in [6.07, 6.45) is 0.509. The lowest BCUT2D eigenvalue weighted by Crippen LogP contribution is -2.42. The van der Waals surface area contributed by atoms with E-state index in [1.165, 1.54) is 0 Å². The van der Waals surface area contributed by atoms with Crippen LogP contribution in [0.1, 0.15) is 20.3 Å². The lowest BCUT2D eigenvalue weighted by molar-refractivity contribution is -0.147. The van der Waals surface area contributed by atoms with Crippen molar-refractivity contribution in [3.05, 3.63) is 12.2 Å². The number of hydrogen-bond acceptors (Lipinski definition) is 2. The quantitative estimate of drug-likeness (QED) is 0.759. The zero-order valence-corrected chi connectivity index (χ0v) is 10.7. The number of amides is 2. The molecule has 1 aliphatic heterocycles. The average molecular weight is 240 g/mol. The van der Waals surface area contributed by atoms with Gasteiger partial charge in [0.15, 0.2) is 0 Å². The highest BCUT2D eigenvalue weighted by Crippen LogP contribution is 2.30. The van der Waals surface area contributed by atoms with Crippen molar-refractivity contribution < 1.29 is 14.7 Å². The summed E-state index contributed by atoms with van der Waals surface area (Å²) in [4.78, 5) is 26.2. The van der Waals surface area contributed by atoms with Gasteiger partial charge < -0.3 is 14.9 Å². The molecule has 2 amide bonds. The summed E-state index contributed by atoms with van der Waals surface area (Å²) in [5.41, 5.74) is 0.0979. The van der Waals surface area contributed by atoms with Crippen LogP contribution in [-0.4, -0.2) is 53.6 Å². The minimum absolute atomic E-state index is 0.127. The van der Waals surface area contributed by atoms with Crippen molar-refractivity contribution in [1.82, 2.24) is 9.80 Å². The molecule has 5 heteroatoms. The Bertz CT molecular complexity index is 354. The minimum atomic E-state index is -0.838. The first-order valence-electron chi connectivity index (χ1n) is 5.64. The number of rotatable bonds is 3. The Balaban J connectivity index is 2.62. The zero-order valence-electron chi connectivity index (χ0n) is 10.7. The van der Waals surface area contributed by atoms with Crippen molar-refractivity contribution in [3.63, 3.8) is 0 Å². The number of nitrogens with zero attached hydrogens (tertiary/aromatic N) is 2. The van der Waals surface area contributed by atoms with Crippen LogP contribution < -0.4 is 0 Å². The fraction of sp³-hybridized carbons (Fsp3) is 0.667. The van der Waals surface area contributed by atoms with Gasteiger partial charge in [0.05, 0.1) is 5.41 Å². The van der Waals surface area contributed by atoms with Crippen LogP contribution >= 0.6 is 0 Å². The second kappa shape index (κ2) is 4.77. The molecule has 96 valence electrons. The molecule has 17 heavy (non-hydrogen) atoms. The Morgan fingerprint density at radius 1 is 1.53 bits per heavy atom. The van der Waals surface area contributed by atoms with Gasteiger partial charge in [-0.1, -0.05) is 12.2 Å². The molecule has 0 aromatic carbocycles. The molecular formula is C12H20N2O3. The smallest absolute Gasteiger partial charge is 0.320 e. The lowest BCUT2D eigenvalue weighted by atomic mass is 9.90. The topological polar surface area (TPSA) is 60.9 Å². The molecule has 1 atom stereocenters. The van der Waals surface area contributed by atoms with Crippen molar-refractivity contribution in [3.8, 4) is 0 Å². The van der Waals surface area contributed by atoms with E-state index in [1.54, 1.807) is 23.8 Å². The first-order valence-corrected chi connectivity index (χ1v) is 5.64. The fourth-order valence-corrected chi connectivity index (χ4v) is 2.01. The van der Waals surface area contributed by atoms with Crippen LogP contribution in [0.2, 0.25) is 0 Å². The predicted octanol–water partition coefficient (Wildman–Crippen LogP) is 1.41. The normalized spacial score (nSPS) is 23.6. The maximum Gasteiger partial charge on any atom is 0.320 e. The third-order valence-electron chi connectivity index (χ3n) is 3.09. The number of aliphatic carboxylic acids is 1. The van der Waals surface area contributed by atoms with Crippen LogP contribution in [0.3, 0.4) is 0 Å². The summed E-state index contributed by atoms with van der Waals surface area (Å²) < 4.78 is 0. The molecule has 1 heterocycles. The Morgan fingerprint density at radius 2 is 2.12 bits per heavy atom. The number of carbonyl (C=O) groups excluding carboxylic acids is 1. The van der Waals surface area contributed by atoms with E-state index in [-0.39, 0.29) is 12.6 Å². The van der Waals surface area contributed by atoms with Gasteiger partial charge in [0.1, 0.15) is 0 Å². The van der Waals surface area contributed by atoms with Gasteiger partial charge in [-0.2, -0.15) is 0 Å². The SMILES string of the molecule is C=C(C)CN(C)C(=O)N1CCC(C)(C(=O)O)C1. The van der Waals surface area contributed by atoms with Gasteiger partial charge in [0.2, 0.25) is 0 Å². The summed E-state index contributed by atoms with van der Waals surface area (Å²) in [6.45, 7) is 8.57. The van der Waals surface area contributed by atoms with Crippen molar-refractivity contribution in [2.75, 3.05) is 26.7 Å². The molecule has 0 saturated carbocycles. The van der Waals surface area contributed by atoms with Gasteiger partial charge >= 0.3 is 12.0 Å². The van der Waals surface area contributed by atoms with E-state index in [4.69, 9.17) is 5.11 Å². The molecule has 0 aromatic rings. The highest BCUT2D eigenvalue weighted by Gasteiger charge is 2.42. The Morgan fingerprint density at radius 3 is 2.53 bits per heavy atom. The molecule has 1 unspecified atom stereocenters. The maximum absolute atomic E-state index is 12.0. The number of likely N-dealkylation sites (tertiary alicyclic amines) is 1. The van der Waals surface area contributed by atoms with Crippen LogP contribution in [-0.2, 0) is 4.79 Å². The van der Waals surface area contributed by atoms with Gasteiger partial charge in [-0.05, 0) is 20.3 Å². The number of carboxylic acid groups (broad SMARTS) is 1. The molecule has 0 bridgehead atoms. The number of carboxylic acids is 1. The lowest BCUT2D eigenvalue weighted by Gasteiger charge is -2.26. The summed E-state index contributed by atoms with van der Waals surface area (Å²) in [7, 11) is 1.70. The van der Waals surface area contributed by atoms with E-state index < -0.39 is 11.4 Å². The van der Waals surface area contributed by atoms with Crippen molar-refractivity contribution in [1.29, 1.82) is 0 Å². The van der Waals surface area contributed by atoms with E-state index in [9.17, 15) is 9.59 Å². The van der Waals surface area contributed by atoms with Crippen LogP contribution in [0.15, 0.2) is 12.2 Å². The number of hydrogen-bond donors (Lipinski definition) is 1. The zero-order chi connectivity index (χ0) is 13.2. The van der Waals surface area contributed by atoms with E-state index in [0.29, 0.717) is 19.5 Å². The average Bonchev–Trinajstić information content (AvgIpc) is 2.60. The standard InChI is InChI=1S/C12H20N2O3/c1-9(2)7-13(4)11(17)14-6-5-12(3,8-14)10(15)16/h1,5-8H2,2-4H3,(H,15,16). The second-order valence-electron chi connectivity index (χ2n) is 5.13. The number of carbonyl (C=O) groups is 2. The molecule has 1 fully saturated rings. The first-order chi connectivity index (χ1) is 7.76. The third-order valence-corrected chi connectivity index (χ3v) is 3.09. The van der Waals surface area contributed by atoms with Gasteiger partial charge in [0.25, 0.3) is 0 Å². The first kappa shape index (κ1) is 13.5. The van der Waals surface area contributed by atoms with E-state index >= 15 is 0 Å². The van der Waals surface area contributed by atoms with Gasteiger partial charge in [-0.15, -0.1) is 0 Å². The van der Waals surface area contributed by atoms with Gasteiger partial charge in [-0.3, -0.25) is 4.79 Å². The van der Waals surface area contributed by atoms with Crippen LogP contribution in [0, 0.1) is 5.41 Å². The van der Waals surface area contributed by atoms with Gasteiger partial charge in [-0.25, -0.2) is 4.79 Å². The Labute approximate surface area is 102 Å². The highest BCUT2D eigenvalue weighted by atomic mass is 16.4. The van der Waals surface area contributed by atoms with Crippen LogP contribution in [0.25, 0.3) is 0 Å². The van der Waals surface area contributed by atoms with Crippen molar-refractivity contribution in [2.45, 2.75) is 20.3 Å². The van der Waals surface area contributed by atoms with Crippen molar-refractivity contribution in [2.24, 2.45) is 5.41 Å². The molecule has 1 N–H and O–H groups in total. The largest absolute Gasteiger partial charge is 0.481 e. The number of urea groups is 1. The summed E-state index contributed by atoms with van der Waals surface area (Å²) in [5.74, 6) is -0.838. The number of likely N-dealkylation sites (N-methyl/N-ethyl adjacent to an activating group) is 1. The Kier molecular flexibility index (Phi) is 3.80. The maximum atomic E-state index is 12.0. The van der Waals surface area contributed by atoms with E-state index in [2.05, 4.69) is 6.58 Å². The third kappa shape index (κ3) is 2.99. The van der Waals surface area contributed by atoms with E-state index in [0.717, 1.165) is 5.57 Å². The summed E-state index contributed by atoms with van der Waals surface area (Å²) >= 11 is 0. The highest BCUT2D eigenvalue weighted by molar-refractivity contribution is 5.79. The minimum Gasteiger partial charge on any atom is -0.481 e. The summed E-state index contributed by atoms with van der Waals surface area (Å²) in [6, 6.07) is -0.127. The Hall–Kier alpha value is -1.52. The summed E-state index contributed by atoms with van der Waals surface area (Å²) in [5, 5.41) is 9.09. The second-order valence-corrected chi connectivity index (χ2v) is 5.13. The molecule has 1 saturated heterocycles. The fourth-order valence-electron chi connectivity index (χ4n) is 2.01. The van der Waals surface area contributed by atoms with Crippen LogP contribution in [0.4, 0.5) is 4.79 Å². The monoisotopic (exact) mass is 240 g/mol. The van der Waals surface area contributed by atoms with Crippen molar-refractivity contribution >= 4 is 12.0 Å². The molecule has 0 radical (unpaired) electrons. The molecular weight excluding hydrogens is 220 g/mol.